The van der Waals surface area contributed by atoms with Crippen LogP contribution in [0.3, 0.4) is 0 Å². The molecule has 0 bridgehead atoms. The minimum absolute atomic E-state index is 0.0451. The van der Waals surface area contributed by atoms with Gasteiger partial charge in [-0.05, 0) is 30.7 Å². The second-order valence-corrected chi connectivity index (χ2v) is 3.58. The summed E-state index contributed by atoms with van der Waals surface area (Å²) < 4.78 is 5.24. The SMILES string of the molecule is COc1ccc(C(=N)N)c2c(C)ccnc12. The lowest BCUT2D eigenvalue weighted by molar-refractivity contribution is 0.419. The number of aryl methyl sites for hydroxylation is 1. The molecule has 0 aliphatic rings. The molecular formula is C12H13N3O. The fraction of sp³-hybridized carbons (Fsp3) is 0.167. The maximum atomic E-state index is 7.55. The standard InChI is InChI=1S/C12H13N3O/c1-7-5-6-15-11-9(16-2)4-3-8(10(7)11)12(13)14/h3-6H,1-2H3,(H3,13,14). The molecule has 0 fully saturated rings. The lowest BCUT2D eigenvalue weighted by Crippen LogP contribution is -2.12. The van der Waals surface area contributed by atoms with E-state index in [4.69, 9.17) is 15.9 Å². The van der Waals surface area contributed by atoms with E-state index in [1.807, 2.05) is 13.0 Å². The van der Waals surface area contributed by atoms with Crippen LogP contribution in [0.5, 0.6) is 5.75 Å². The highest BCUT2D eigenvalue weighted by Gasteiger charge is 2.11. The highest BCUT2D eigenvalue weighted by molar-refractivity contribution is 6.09. The van der Waals surface area contributed by atoms with E-state index in [9.17, 15) is 0 Å². The third-order valence-electron chi connectivity index (χ3n) is 2.57. The molecule has 4 nitrogen and oxygen atoms in total. The van der Waals surface area contributed by atoms with Gasteiger partial charge in [0, 0.05) is 17.1 Å². The molecule has 1 aromatic heterocycles. The van der Waals surface area contributed by atoms with Gasteiger partial charge < -0.3 is 10.5 Å². The summed E-state index contributed by atoms with van der Waals surface area (Å²) in [7, 11) is 1.60. The Hall–Kier alpha value is -2.10. The number of fused-ring (bicyclic) bond motifs is 1. The second kappa shape index (κ2) is 3.81. The number of nitrogens with zero attached hydrogens (tertiary/aromatic N) is 1. The van der Waals surface area contributed by atoms with E-state index in [2.05, 4.69) is 4.98 Å². The molecular weight excluding hydrogens is 202 g/mol. The number of aromatic nitrogens is 1. The number of rotatable bonds is 2. The lowest BCUT2D eigenvalue weighted by Gasteiger charge is -2.10. The Morgan fingerprint density at radius 3 is 2.75 bits per heavy atom. The van der Waals surface area contributed by atoms with Gasteiger partial charge >= 0.3 is 0 Å². The summed E-state index contributed by atoms with van der Waals surface area (Å²) in [6.07, 6.45) is 1.73. The topological polar surface area (TPSA) is 72.0 Å². The summed E-state index contributed by atoms with van der Waals surface area (Å²) in [6.45, 7) is 1.97. The van der Waals surface area contributed by atoms with Crippen LogP contribution in [-0.4, -0.2) is 17.9 Å². The fourth-order valence-electron chi connectivity index (χ4n) is 1.80. The molecule has 2 rings (SSSR count). The van der Waals surface area contributed by atoms with Crippen LogP contribution in [0.15, 0.2) is 24.4 Å². The number of amidine groups is 1. The van der Waals surface area contributed by atoms with Gasteiger partial charge in [0.1, 0.15) is 17.1 Å². The van der Waals surface area contributed by atoms with Crippen molar-refractivity contribution < 1.29 is 4.74 Å². The molecule has 0 unspecified atom stereocenters. The molecule has 0 spiro atoms. The van der Waals surface area contributed by atoms with E-state index < -0.39 is 0 Å². The van der Waals surface area contributed by atoms with Gasteiger partial charge in [0.05, 0.1) is 7.11 Å². The van der Waals surface area contributed by atoms with Gasteiger partial charge in [-0.15, -0.1) is 0 Å². The molecule has 3 N–H and O–H groups in total. The molecule has 0 atom stereocenters. The lowest BCUT2D eigenvalue weighted by atomic mass is 10.0. The zero-order valence-electron chi connectivity index (χ0n) is 9.24. The summed E-state index contributed by atoms with van der Waals surface area (Å²) in [5.74, 6) is 0.743. The van der Waals surface area contributed by atoms with Crippen molar-refractivity contribution in [1.29, 1.82) is 5.41 Å². The molecule has 1 heterocycles. The monoisotopic (exact) mass is 215 g/mol. The van der Waals surface area contributed by atoms with Crippen LogP contribution in [0, 0.1) is 12.3 Å². The molecule has 0 amide bonds. The highest BCUT2D eigenvalue weighted by Crippen LogP contribution is 2.28. The molecule has 0 aliphatic heterocycles. The van der Waals surface area contributed by atoms with Crippen LogP contribution in [0.4, 0.5) is 0 Å². The smallest absolute Gasteiger partial charge is 0.145 e. The largest absolute Gasteiger partial charge is 0.494 e. The third-order valence-corrected chi connectivity index (χ3v) is 2.57. The van der Waals surface area contributed by atoms with Crippen molar-refractivity contribution in [3.05, 3.63) is 35.5 Å². The van der Waals surface area contributed by atoms with Gasteiger partial charge in [-0.1, -0.05) is 0 Å². The van der Waals surface area contributed by atoms with Gasteiger partial charge in [-0.3, -0.25) is 10.4 Å². The van der Waals surface area contributed by atoms with Crippen LogP contribution in [0.25, 0.3) is 10.9 Å². The maximum absolute atomic E-state index is 7.55. The fourth-order valence-corrected chi connectivity index (χ4v) is 1.80. The van der Waals surface area contributed by atoms with Gasteiger partial charge in [0.15, 0.2) is 0 Å². The number of ether oxygens (including phenoxy) is 1. The van der Waals surface area contributed by atoms with E-state index in [1.165, 1.54) is 0 Å². The van der Waals surface area contributed by atoms with Crippen LogP contribution < -0.4 is 10.5 Å². The molecule has 4 heteroatoms. The van der Waals surface area contributed by atoms with Crippen LogP contribution in [-0.2, 0) is 0 Å². The Morgan fingerprint density at radius 2 is 2.12 bits per heavy atom. The summed E-state index contributed by atoms with van der Waals surface area (Å²) in [5.41, 5.74) is 8.03. The first-order valence-corrected chi connectivity index (χ1v) is 4.92. The van der Waals surface area contributed by atoms with Gasteiger partial charge in [0.2, 0.25) is 0 Å². The first-order valence-electron chi connectivity index (χ1n) is 4.92. The predicted octanol–water partition coefficient (Wildman–Crippen LogP) is 1.84. The van der Waals surface area contributed by atoms with E-state index in [-0.39, 0.29) is 5.84 Å². The Kier molecular flexibility index (Phi) is 2.48. The van der Waals surface area contributed by atoms with Crippen molar-refractivity contribution in [2.24, 2.45) is 5.73 Å². The summed E-state index contributed by atoms with van der Waals surface area (Å²) in [6, 6.07) is 5.47. The number of benzene rings is 1. The van der Waals surface area contributed by atoms with E-state index in [0.29, 0.717) is 11.3 Å². The minimum Gasteiger partial charge on any atom is -0.494 e. The van der Waals surface area contributed by atoms with Crippen molar-refractivity contribution in [3.63, 3.8) is 0 Å². The highest BCUT2D eigenvalue weighted by atomic mass is 16.5. The van der Waals surface area contributed by atoms with Crippen molar-refractivity contribution in [2.45, 2.75) is 6.92 Å². The Balaban J connectivity index is 2.92. The molecule has 0 aliphatic carbocycles. The number of methoxy groups -OCH3 is 1. The van der Waals surface area contributed by atoms with E-state index in [0.717, 1.165) is 16.5 Å². The molecule has 0 radical (unpaired) electrons. The van der Waals surface area contributed by atoms with E-state index in [1.54, 1.807) is 25.4 Å². The zero-order valence-corrected chi connectivity index (χ0v) is 9.24. The average Bonchev–Trinajstić information content (AvgIpc) is 2.28. The maximum Gasteiger partial charge on any atom is 0.145 e. The van der Waals surface area contributed by atoms with Gasteiger partial charge in [-0.2, -0.15) is 0 Å². The first kappa shape index (κ1) is 10.4. The number of nitrogens with two attached hydrogens (primary N) is 1. The molecule has 0 saturated carbocycles. The minimum atomic E-state index is 0.0451. The van der Waals surface area contributed by atoms with Crippen molar-refractivity contribution in [1.82, 2.24) is 4.98 Å². The summed E-state index contributed by atoms with van der Waals surface area (Å²) in [5, 5.41) is 8.43. The predicted molar refractivity (Wildman–Crippen MR) is 64.0 cm³/mol. The van der Waals surface area contributed by atoms with Crippen LogP contribution in [0.1, 0.15) is 11.1 Å². The number of nitrogens with one attached hydrogen (secondary N) is 1. The molecule has 1 aromatic carbocycles. The third kappa shape index (κ3) is 1.48. The van der Waals surface area contributed by atoms with Crippen molar-refractivity contribution in [3.8, 4) is 5.75 Å². The molecule has 0 saturated heterocycles. The second-order valence-electron chi connectivity index (χ2n) is 3.58. The molecule has 2 aromatic rings. The van der Waals surface area contributed by atoms with Crippen molar-refractivity contribution >= 4 is 16.7 Å². The number of pyridine rings is 1. The van der Waals surface area contributed by atoms with Crippen molar-refractivity contribution in [2.75, 3.05) is 7.11 Å². The summed E-state index contributed by atoms with van der Waals surface area (Å²) in [4.78, 5) is 4.28. The zero-order chi connectivity index (χ0) is 11.7. The number of hydrogen-bond acceptors (Lipinski definition) is 3. The Morgan fingerprint density at radius 1 is 1.38 bits per heavy atom. The van der Waals surface area contributed by atoms with Crippen LogP contribution >= 0.6 is 0 Å². The molecule has 82 valence electrons. The Labute approximate surface area is 93.6 Å². The van der Waals surface area contributed by atoms with Crippen LogP contribution in [0.2, 0.25) is 0 Å². The van der Waals surface area contributed by atoms with Gasteiger partial charge in [0.25, 0.3) is 0 Å². The first-order chi connectivity index (χ1) is 7.65. The van der Waals surface area contributed by atoms with E-state index >= 15 is 0 Å². The normalized spacial score (nSPS) is 10.4. The average molecular weight is 215 g/mol. The molecule has 16 heavy (non-hydrogen) atoms. The summed E-state index contributed by atoms with van der Waals surface area (Å²) >= 11 is 0. The van der Waals surface area contributed by atoms with Gasteiger partial charge in [-0.25, -0.2) is 0 Å². The quantitative estimate of drug-likeness (QED) is 0.593. The number of nitrogen functional groups attached to an aromatic ring is 1. The number of hydrogen-bond donors (Lipinski definition) is 2. The Bertz CT molecular complexity index is 563.